The molecule has 1 N–H and O–H groups in total. The molecule has 1 unspecified atom stereocenters. The Labute approximate surface area is 86.4 Å². The lowest BCUT2D eigenvalue weighted by atomic mass is 9.61. The maximum absolute atomic E-state index is 8.95. The molecule has 0 aliphatic heterocycles. The van der Waals surface area contributed by atoms with Crippen molar-refractivity contribution in [2.75, 3.05) is 0 Å². The molecule has 2 aliphatic carbocycles. The summed E-state index contributed by atoms with van der Waals surface area (Å²) in [5.41, 5.74) is 1.73. The highest BCUT2D eigenvalue weighted by molar-refractivity contribution is 5.86. The Kier molecular flexibility index (Phi) is 2.13. The molecule has 2 aliphatic rings. The van der Waals surface area contributed by atoms with Crippen molar-refractivity contribution < 1.29 is 5.21 Å². The first kappa shape index (κ1) is 10.0. The highest BCUT2D eigenvalue weighted by atomic mass is 16.4. The van der Waals surface area contributed by atoms with Gasteiger partial charge in [-0.3, -0.25) is 0 Å². The maximum Gasteiger partial charge on any atom is 0.0581 e. The molecule has 0 heterocycles. The third kappa shape index (κ3) is 1.79. The van der Waals surface area contributed by atoms with E-state index >= 15 is 0 Å². The molecule has 1 atom stereocenters. The van der Waals surface area contributed by atoms with Crippen LogP contribution in [-0.4, -0.2) is 10.9 Å². The molecule has 0 aromatic carbocycles. The molecule has 2 saturated carbocycles. The summed E-state index contributed by atoms with van der Waals surface area (Å²) < 4.78 is 0. The first-order chi connectivity index (χ1) is 6.45. The Morgan fingerprint density at radius 3 is 2.36 bits per heavy atom. The highest BCUT2D eigenvalue weighted by Crippen LogP contribution is 2.56. The Morgan fingerprint density at radius 1 is 1.21 bits per heavy atom. The number of oxime groups is 1. The van der Waals surface area contributed by atoms with E-state index in [1.807, 2.05) is 0 Å². The second-order valence-corrected chi connectivity index (χ2v) is 6.29. The monoisotopic (exact) mass is 195 g/mol. The van der Waals surface area contributed by atoms with E-state index in [-0.39, 0.29) is 0 Å². The predicted molar refractivity (Wildman–Crippen MR) is 57.7 cm³/mol. The van der Waals surface area contributed by atoms with Crippen molar-refractivity contribution in [2.45, 2.75) is 52.9 Å². The topological polar surface area (TPSA) is 32.6 Å². The van der Waals surface area contributed by atoms with Crippen molar-refractivity contribution in [1.82, 2.24) is 0 Å². The van der Waals surface area contributed by atoms with Gasteiger partial charge in [-0.25, -0.2) is 0 Å². The van der Waals surface area contributed by atoms with Crippen LogP contribution in [-0.2, 0) is 0 Å². The van der Waals surface area contributed by atoms with Crippen molar-refractivity contribution in [3.63, 3.8) is 0 Å². The maximum atomic E-state index is 8.95. The molecule has 0 aromatic rings. The Balaban J connectivity index is 2.19. The standard InChI is InChI=1S/C12H21NO/c1-11(2)6-10(13-14)7-12(3,8-11)9-4-5-9/h9,14H,4-8H2,1-3H3/b13-10+. The van der Waals surface area contributed by atoms with Crippen LogP contribution >= 0.6 is 0 Å². The molecule has 2 heteroatoms. The van der Waals surface area contributed by atoms with Crippen LogP contribution in [0.25, 0.3) is 0 Å². The van der Waals surface area contributed by atoms with E-state index in [4.69, 9.17) is 5.21 Å². The van der Waals surface area contributed by atoms with E-state index in [0.29, 0.717) is 10.8 Å². The zero-order chi connectivity index (χ0) is 10.4. The van der Waals surface area contributed by atoms with Crippen LogP contribution < -0.4 is 0 Å². The molecule has 0 aromatic heterocycles. The zero-order valence-electron chi connectivity index (χ0n) is 9.51. The van der Waals surface area contributed by atoms with Crippen LogP contribution in [0.4, 0.5) is 0 Å². The molecule has 0 bridgehead atoms. The second-order valence-electron chi connectivity index (χ2n) is 6.29. The van der Waals surface area contributed by atoms with Gasteiger partial charge in [-0.1, -0.05) is 25.9 Å². The molecule has 0 amide bonds. The molecule has 2 nitrogen and oxygen atoms in total. The fourth-order valence-corrected chi connectivity index (χ4v) is 3.44. The van der Waals surface area contributed by atoms with Crippen LogP contribution in [0.1, 0.15) is 52.9 Å². The average Bonchev–Trinajstić information content (AvgIpc) is 2.82. The molecule has 2 rings (SSSR count). The quantitative estimate of drug-likeness (QED) is 0.504. The van der Waals surface area contributed by atoms with Gasteiger partial charge in [0, 0.05) is 0 Å². The van der Waals surface area contributed by atoms with E-state index in [2.05, 4.69) is 25.9 Å². The normalized spacial score (nSPS) is 40.1. The van der Waals surface area contributed by atoms with Crippen molar-refractivity contribution in [3.8, 4) is 0 Å². The second kappa shape index (κ2) is 2.98. The van der Waals surface area contributed by atoms with Gasteiger partial charge in [0.2, 0.25) is 0 Å². The molecule has 80 valence electrons. The first-order valence-corrected chi connectivity index (χ1v) is 5.65. The summed E-state index contributed by atoms with van der Waals surface area (Å²) >= 11 is 0. The van der Waals surface area contributed by atoms with Gasteiger partial charge in [-0.05, 0) is 48.9 Å². The Morgan fingerprint density at radius 2 is 1.86 bits per heavy atom. The summed E-state index contributed by atoms with van der Waals surface area (Å²) in [5.74, 6) is 0.888. The summed E-state index contributed by atoms with van der Waals surface area (Å²) in [5, 5.41) is 12.4. The lowest BCUT2D eigenvalue weighted by molar-refractivity contribution is 0.134. The van der Waals surface area contributed by atoms with Gasteiger partial charge < -0.3 is 5.21 Å². The number of hydrogen-bond donors (Lipinski definition) is 1. The van der Waals surface area contributed by atoms with Crippen LogP contribution in [0.2, 0.25) is 0 Å². The van der Waals surface area contributed by atoms with E-state index < -0.39 is 0 Å². The minimum absolute atomic E-state index is 0.317. The summed E-state index contributed by atoms with van der Waals surface area (Å²) in [6.07, 6.45) is 6.02. The average molecular weight is 195 g/mol. The fourth-order valence-electron chi connectivity index (χ4n) is 3.44. The van der Waals surface area contributed by atoms with Gasteiger partial charge in [0.05, 0.1) is 5.71 Å². The first-order valence-electron chi connectivity index (χ1n) is 5.65. The van der Waals surface area contributed by atoms with Gasteiger partial charge in [0.25, 0.3) is 0 Å². The van der Waals surface area contributed by atoms with Crippen LogP contribution in [0, 0.1) is 16.7 Å². The van der Waals surface area contributed by atoms with Crippen molar-refractivity contribution >= 4 is 5.71 Å². The lowest BCUT2D eigenvalue weighted by Gasteiger charge is -2.43. The Bertz CT molecular complexity index is 265. The van der Waals surface area contributed by atoms with Crippen molar-refractivity contribution in [2.24, 2.45) is 21.9 Å². The largest absolute Gasteiger partial charge is 0.411 e. The van der Waals surface area contributed by atoms with E-state index in [1.54, 1.807) is 0 Å². The number of nitrogens with zero attached hydrogens (tertiary/aromatic N) is 1. The molecule has 0 radical (unpaired) electrons. The van der Waals surface area contributed by atoms with Crippen LogP contribution in [0.15, 0.2) is 5.16 Å². The number of hydrogen-bond acceptors (Lipinski definition) is 2. The van der Waals surface area contributed by atoms with Gasteiger partial charge in [0.15, 0.2) is 0 Å². The predicted octanol–water partition coefficient (Wildman–Crippen LogP) is 3.44. The molecule has 0 spiro atoms. The molecular formula is C12H21NO. The minimum Gasteiger partial charge on any atom is -0.411 e. The SMILES string of the molecule is CC1(C)C/C(=N\O)CC(C)(C2CC2)C1. The van der Waals surface area contributed by atoms with Crippen molar-refractivity contribution in [3.05, 3.63) is 0 Å². The zero-order valence-corrected chi connectivity index (χ0v) is 9.51. The molecule has 14 heavy (non-hydrogen) atoms. The van der Waals surface area contributed by atoms with Gasteiger partial charge in [-0.2, -0.15) is 0 Å². The number of rotatable bonds is 1. The highest BCUT2D eigenvalue weighted by Gasteiger charge is 2.48. The smallest absolute Gasteiger partial charge is 0.0581 e. The summed E-state index contributed by atoms with van der Waals surface area (Å²) in [6, 6.07) is 0. The van der Waals surface area contributed by atoms with Gasteiger partial charge in [-0.15, -0.1) is 0 Å². The van der Waals surface area contributed by atoms with Crippen molar-refractivity contribution in [1.29, 1.82) is 0 Å². The van der Waals surface area contributed by atoms with E-state index in [9.17, 15) is 0 Å². The molecular weight excluding hydrogens is 174 g/mol. The minimum atomic E-state index is 0.317. The summed E-state index contributed by atoms with van der Waals surface area (Å²) in [6.45, 7) is 6.95. The van der Waals surface area contributed by atoms with E-state index in [0.717, 1.165) is 24.5 Å². The lowest BCUT2D eigenvalue weighted by Crippen LogP contribution is -2.37. The van der Waals surface area contributed by atoms with Gasteiger partial charge in [0.1, 0.15) is 0 Å². The van der Waals surface area contributed by atoms with Crippen LogP contribution in [0.5, 0.6) is 0 Å². The van der Waals surface area contributed by atoms with E-state index in [1.165, 1.54) is 19.3 Å². The summed E-state index contributed by atoms with van der Waals surface area (Å²) in [4.78, 5) is 0. The van der Waals surface area contributed by atoms with Gasteiger partial charge >= 0.3 is 0 Å². The Hall–Kier alpha value is -0.530. The van der Waals surface area contributed by atoms with Crippen LogP contribution in [0.3, 0.4) is 0 Å². The third-order valence-electron chi connectivity index (χ3n) is 3.88. The summed E-state index contributed by atoms with van der Waals surface area (Å²) in [7, 11) is 0. The fraction of sp³-hybridized carbons (Fsp3) is 0.917. The third-order valence-corrected chi connectivity index (χ3v) is 3.88. The molecule has 0 saturated heterocycles. The molecule has 2 fully saturated rings.